The van der Waals surface area contributed by atoms with Crippen LogP contribution in [0.15, 0.2) is 11.6 Å². The lowest BCUT2D eigenvalue weighted by atomic mass is 9.80. The van der Waals surface area contributed by atoms with Gasteiger partial charge in [-0.1, -0.05) is 41.5 Å². The number of hydrogen-bond acceptors (Lipinski definition) is 3. The molecule has 1 rings (SSSR count). The molecule has 0 aromatic heterocycles. The second-order valence-electron chi connectivity index (χ2n) is 6.36. The van der Waals surface area contributed by atoms with Gasteiger partial charge in [-0.2, -0.15) is 0 Å². The van der Waals surface area contributed by atoms with Gasteiger partial charge in [-0.15, -0.1) is 0 Å². The summed E-state index contributed by atoms with van der Waals surface area (Å²) in [6.45, 7) is 11.3. The molecule has 0 aromatic carbocycles. The highest BCUT2D eigenvalue weighted by Gasteiger charge is 2.40. The van der Waals surface area contributed by atoms with Gasteiger partial charge in [0, 0.05) is 11.0 Å². The van der Waals surface area contributed by atoms with E-state index in [9.17, 15) is 9.59 Å². The van der Waals surface area contributed by atoms with E-state index in [2.05, 4.69) is 0 Å². The molecule has 1 aliphatic rings. The lowest BCUT2D eigenvalue weighted by molar-refractivity contribution is -0.159. The van der Waals surface area contributed by atoms with Crippen LogP contribution in [0.5, 0.6) is 0 Å². The molecule has 0 N–H and O–H groups in total. The molecule has 0 spiro atoms. The Balaban J connectivity index is 3.08. The molecule has 3 heteroatoms. The van der Waals surface area contributed by atoms with Crippen molar-refractivity contribution < 1.29 is 14.3 Å². The molecule has 0 bridgehead atoms. The van der Waals surface area contributed by atoms with Crippen LogP contribution in [0, 0.1) is 10.8 Å². The number of esters is 1. The predicted octanol–water partition coefficient (Wildman–Crippen LogP) is 2.50. The normalized spacial score (nSPS) is 22.9. The average molecular weight is 224 g/mol. The van der Waals surface area contributed by atoms with Crippen molar-refractivity contribution >= 4 is 11.8 Å². The van der Waals surface area contributed by atoms with Crippen LogP contribution in [0.25, 0.3) is 0 Å². The van der Waals surface area contributed by atoms with E-state index in [1.165, 1.54) is 6.08 Å². The van der Waals surface area contributed by atoms with Gasteiger partial charge < -0.3 is 4.74 Å². The molecule has 1 unspecified atom stereocenters. The van der Waals surface area contributed by atoms with Gasteiger partial charge in [-0.3, -0.25) is 4.79 Å². The third-order valence-corrected chi connectivity index (χ3v) is 2.58. The first-order chi connectivity index (χ1) is 7.03. The second-order valence-corrected chi connectivity index (χ2v) is 6.36. The highest BCUT2D eigenvalue weighted by atomic mass is 16.5. The van der Waals surface area contributed by atoms with Gasteiger partial charge in [0.05, 0.1) is 0 Å². The summed E-state index contributed by atoms with van der Waals surface area (Å²) in [6, 6.07) is 0. The van der Waals surface area contributed by atoms with Crippen LogP contribution in [0.2, 0.25) is 0 Å². The van der Waals surface area contributed by atoms with Crippen molar-refractivity contribution in [3.63, 3.8) is 0 Å². The third kappa shape index (κ3) is 2.52. The van der Waals surface area contributed by atoms with Crippen LogP contribution in [0.4, 0.5) is 0 Å². The van der Waals surface area contributed by atoms with Crippen LogP contribution in [-0.4, -0.2) is 17.9 Å². The molecule has 0 saturated heterocycles. The van der Waals surface area contributed by atoms with Gasteiger partial charge in [-0.05, 0) is 11.5 Å². The Kier molecular flexibility index (Phi) is 3.01. The van der Waals surface area contributed by atoms with Gasteiger partial charge in [-0.25, -0.2) is 4.79 Å². The summed E-state index contributed by atoms with van der Waals surface area (Å²) in [5.41, 5.74) is -0.250. The quantitative estimate of drug-likeness (QED) is 0.594. The van der Waals surface area contributed by atoms with Crippen molar-refractivity contribution in [2.45, 2.75) is 47.6 Å². The Morgan fingerprint density at radius 1 is 1.06 bits per heavy atom. The molecule has 0 aromatic rings. The summed E-state index contributed by atoms with van der Waals surface area (Å²) >= 11 is 0. The van der Waals surface area contributed by atoms with Gasteiger partial charge in [0.1, 0.15) is 0 Å². The summed E-state index contributed by atoms with van der Waals surface area (Å²) in [4.78, 5) is 23.7. The predicted molar refractivity (Wildman–Crippen MR) is 61.9 cm³/mol. The van der Waals surface area contributed by atoms with Crippen molar-refractivity contribution in [1.82, 2.24) is 0 Å². The monoisotopic (exact) mass is 224 g/mol. The lowest BCUT2D eigenvalue weighted by Crippen LogP contribution is -2.43. The zero-order valence-electron chi connectivity index (χ0n) is 10.9. The fraction of sp³-hybridized carbons (Fsp3) is 0.692. The van der Waals surface area contributed by atoms with E-state index in [1.807, 2.05) is 41.5 Å². The van der Waals surface area contributed by atoms with Crippen LogP contribution >= 0.6 is 0 Å². The molecule has 0 radical (unpaired) electrons. The van der Waals surface area contributed by atoms with E-state index in [-0.39, 0.29) is 22.6 Å². The topological polar surface area (TPSA) is 43.4 Å². The number of rotatable bonds is 0. The van der Waals surface area contributed by atoms with Gasteiger partial charge in [0.2, 0.25) is 0 Å². The molecule has 0 saturated carbocycles. The Labute approximate surface area is 96.9 Å². The number of cyclic esters (lactones) is 1. The zero-order chi connectivity index (χ0) is 12.7. The Morgan fingerprint density at radius 2 is 1.56 bits per heavy atom. The summed E-state index contributed by atoms with van der Waals surface area (Å²) in [5.74, 6) is -0.482. The molecule has 16 heavy (non-hydrogen) atoms. The van der Waals surface area contributed by atoms with E-state index in [4.69, 9.17) is 4.74 Å². The molecule has 0 aliphatic carbocycles. The molecular weight excluding hydrogens is 204 g/mol. The molecule has 90 valence electrons. The highest BCUT2D eigenvalue weighted by Crippen LogP contribution is 2.33. The minimum atomic E-state index is -0.661. The highest BCUT2D eigenvalue weighted by molar-refractivity contribution is 6.06. The fourth-order valence-electron chi connectivity index (χ4n) is 1.63. The van der Waals surface area contributed by atoms with E-state index < -0.39 is 6.10 Å². The maximum Gasteiger partial charge on any atom is 0.335 e. The first-order valence-corrected chi connectivity index (χ1v) is 5.50. The second kappa shape index (κ2) is 3.72. The minimum absolute atomic E-state index is 0.114. The smallest absolute Gasteiger partial charge is 0.335 e. The Hall–Kier alpha value is -1.12. The average Bonchev–Trinajstić information content (AvgIpc) is 2.04. The summed E-state index contributed by atoms with van der Waals surface area (Å²) in [5, 5.41) is 0. The Morgan fingerprint density at radius 3 is 1.94 bits per heavy atom. The van der Waals surface area contributed by atoms with Crippen LogP contribution in [-0.2, 0) is 14.3 Å². The van der Waals surface area contributed by atoms with E-state index in [0.717, 1.165) is 0 Å². The minimum Gasteiger partial charge on any atom is -0.450 e. The largest absolute Gasteiger partial charge is 0.450 e. The van der Waals surface area contributed by atoms with Crippen molar-refractivity contribution in [1.29, 1.82) is 0 Å². The third-order valence-electron chi connectivity index (χ3n) is 2.58. The molecule has 0 amide bonds. The van der Waals surface area contributed by atoms with Gasteiger partial charge in [0.15, 0.2) is 11.9 Å². The standard InChI is InChI=1S/C13H20O3/c1-12(2,3)8-7-9(14)10(13(4,5)6)16-11(8)15/h7,10H,1-6H3. The van der Waals surface area contributed by atoms with Crippen LogP contribution in [0.1, 0.15) is 41.5 Å². The maximum absolute atomic E-state index is 11.9. The molecule has 1 heterocycles. The lowest BCUT2D eigenvalue weighted by Gasteiger charge is -2.34. The molecule has 1 atom stereocenters. The van der Waals surface area contributed by atoms with Crippen molar-refractivity contribution in [3.05, 3.63) is 11.6 Å². The summed E-state index contributed by atoms with van der Waals surface area (Å²) in [7, 11) is 0. The maximum atomic E-state index is 11.9. The number of carbonyl (C=O) groups excluding carboxylic acids is 2. The van der Waals surface area contributed by atoms with Crippen LogP contribution in [0.3, 0.4) is 0 Å². The number of ether oxygens (including phenoxy) is 1. The van der Waals surface area contributed by atoms with Crippen molar-refractivity contribution in [3.8, 4) is 0 Å². The number of carbonyl (C=O) groups is 2. The SMILES string of the molecule is CC(C)(C)C1=CC(=O)C(C(C)(C)C)OC1=O. The van der Waals surface area contributed by atoms with Gasteiger partial charge in [0.25, 0.3) is 0 Å². The van der Waals surface area contributed by atoms with Gasteiger partial charge >= 0.3 is 5.97 Å². The molecule has 3 nitrogen and oxygen atoms in total. The first kappa shape index (κ1) is 12.9. The number of ketones is 1. The fourth-order valence-corrected chi connectivity index (χ4v) is 1.63. The van der Waals surface area contributed by atoms with Crippen molar-refractivity contribution in [2.24, 2.45) is 10.8 Å². The first-order valence-electron chi connectivity index (χ1n) is 5.50. The van der Waals surface area contributed by atoms with Crippen LogP contribution < -0.4 is 0 Å². The Bertz CT molecular complexity index is 350. The summed E-state index contributed by atoms with van der Waals surface area (Å²) < 4.78 is 5.25. The number of hydrogen-bond donors (Lipinski definition) is 0. The van der Waals surface area contributed by atoms with Crippen molar-refractivity contribution in [2.75, 3.05) is 0 Å². The molecular formula is C13H20O3. The van der Waals surface area contributed by atoms with E-state index in [0.29, 0.717) is 5.57 Å². The molecule has 1 aliphatic heterocycles. The summed E-state index contributed by atoms with van der Waals surface area (Å²) in [6.07, 6.45) is 0.785. The zero-order valence-corrected chi connectivity index (χ0v) is 10.9. The van der Waals surface area contributed by atoms with E-state index >= 15 is 0 Å². The van der Waals surface area contributed by atoms with E-state index in [1.54, 1.807) is 0 Å². The molecule has 0 fully saturated rings.